The average molecular weight is 229 g/mol. The molecule has 0 bridgehead atoms. The van der Waals surface area contributed by atoms with Gasteiger partial charge in [0.1, 0.15) is 0 Å². The van der Waals surface area contributed by atoms with Gasteiger partial charge in [0.25, 0.3) is 0 Å². The molecule has 0 aromatic heterocycles. The minimum absolute atomic E-state index is 0.664. The molecule has 0 aliphatic rings. The fourth-order valence-electron chi connectivity index (χ4n) is 0.670. The van der Waals surface area contributed by atoms with E-state index in [1.165, 1.54) is 6.42 Å². The Morgan fingerprint density at radius 1 is 1.19 bits per heavy atom. The summed E-state index contributed by atoms with van der Waals surface area (Å²) in [5.74, 6) is 0.664. The summed E-state index contributed by atoms with van der Waals surface area (Å²) >= 11 is 0. The van der Waals surface area contributed by atoms with Gasteiger partial charge >= 0.3 is 0 Å². The van der Waals surface area contributed by atoms with Gasteiger partial charge in [0, 0.05) is 0 Å². The Hall–Kier alpha value is -0.560. The maximum absolute atomic E-state index is 4.85. The van der Waals surface area contributed by atoms with Crippen LogP contribution in [0.5, 0.6) is 0 Å². The highest BCUT2D eigenvalue weighted by Crippen LogP contribution is 2.02. The van der Waals surface area contributed by atoms with Crippen molar-refractivity contribution < 1.29 is 0 Å². The van der Waals surface area contributed by atoms with E-state index < -0.39 is 0 Å². The summed E-state index contributed by atoms with van der Waals surface area (Å²) in [6.45, 7) is 18.8. The summed E-state index contributed by atoms with van der Waals surface area (Å²) in [6, 6.07) is 0. The van der Waals surface area contributed by atoms with E-state index in [1.54, 1.807) is 0 Å². The van der Waals surface area contributed by atoms with Crippen molar-refractivity contribution in [3.05, 3.63) is 24.8 Å². The van der Waals surface area contributed by atoms with Crippen LogP contribution in [-0.2, 0) is 0 Å². The van der Waals surface area contributed by atoms with E-state index in [2.05, 4.69) is 39.5 Å². The van der Waals surface area contributed by atoms with Gasteiger partial charge in [-0.1, -0.05) is 66.2 Å². The predicted octanol–water partition coefficient (Wildman–Crippen LogP) is 5.18. The van der Waals surface area contributed by atoms with E-state index in [0.717, 1.165) is 13.0 Å². The standard InChI is InChI=1S/C8H14.C3H8.C2H7N.C2H6/c1-4-6-8(3)7-5-2;1-3-2;1-2-3;1-2/h4-5,7-8H,1,6H2,2-3H3;3H2,1-2H3;2-3H2,1H3;1-2H3/b7-5-;;;. The molecule has 0 amide bonds. The van der Waals surface area contributed by atoms with Gasteiger partial charge < -0.3 is 5.73 Å². The molecule has 0 spiro atoms. The molecule has 1 unspecified atom stereocenters. The van der Waals surface area contributed by atoms with Crippen LogP contribution in [0.15, 0.2) is 24.8 Å². The Bertz CT molecular complexity index is 104. The van der Waals surface area contributed by atoms with Crippen LogP contribution >= 0.6 is 0 Å². The second-order valence-corrected chi connectivity index (χ2v) is 3.14. The molecule has 0 saturated heterocycles. The Kier molecular flexibility index (Phi) is 56.3. The van der Waals surface area contributed by atoms with Crippen molar-refractivity contribution in [3.8, 4) is 0 Å². The summed E-state index contributed by atoms with van der Waals surface area (Å²) < 4.78 is 0. The lowest BCUT2D eigenvalue weighted by atomic mass is 10.1. The zero-order valence-corrected chi connectivity index (χ0v) is 12.7. The van der Waals surface area contributed by atoms with E-state index in [9.17, 15) is 0 Å². The van der Waals surface area contributed by atoms with Crippen LogP contribution in [0.25, 0.3) is 0 Å². The van der Waals surface area contributed by atoms with Gasteiger partial charge in [0.05, 0.1) is 0 Å². The van der Waals surface area contributed by atoms with Crippen LogP contribution in [0.1, 0.15) is 61.3 Å². The Balaban J connectivity index is -0.0000000752. The topological polar surface area (TPSA) is 26.0 Å². The third-order valence-corrected chi connectivity index (χ3v) is 1.06. The van der Waals surface area contributed by atoms with Gasteiger partial charge in [-0.05, 0) is 25.8 Å². The quantitative estimate of drug-likeness (QED) is 0.663. The lowest BCUT2D eigenvalue weighted by molar-refractivity contribution is 0.744. The molecular formula is C15H35N. The van der Waals surface area contributed by atoms with E-state index >= 15 is 0 Å². The monoisotopic (exact) mass is 229 g/mol. The molecule has 1 heteroatoms. The van der Waals surface area contributed by atoms with Gasteiger partial charge in [-0.2, -0.15) is 0 Å². The normalized spacial score (nSPS) is 9.75. The first-order chi connectivity index (χ1) is 7.64. The molecule has 0 aliphatic heterocycles. The van der Waals surface area contributed by atoms with Gasteiger partial charge in [0.2, 0.25) is 0 Å². The Labute approximate surface area is 105 Å². The molecule has 0 aromatic carbocycles. The van der Waals surface area contributed by atoms with Crippen LogP contribution in [0.2, 0.25) is 0 Å². The van der Waals surface area contributed by atoms with E-state index in [0.29, 0.717) is 5.92 Å². The molecule has 0 saturated carbocycles. The zero-order valence-electron chi connectivity index (χ0n) is 12.7. The van der Waals surface area contributed by atoms with Crippen molar-refractivity contribution in [1.82, 2.24) is 0 Å². The van der Waals surface area contributed by atoms with E-state index in [1.807, 2.05) is 33.8 Å². The summed E-state index contributed by atoms with van der Waals surface area (Å²) in [5, 5.41) is 0. The van der Waals surface area contributed by atoms with Crippen LogP contribution < -0.4 is 5.73 Å². The van der Waals surface area contributed by atoms with Crippen LogP contribution in [-0.4, -0.2) is 6.54 Å². The highest BCUT2D eigenvalue weighted by molar-refractivity contribution is 4.86. The van der Waals surface area contributed by atoms with Gasteiger partial charge in [-0.15, -0.1) is 6.58 Å². The van der Waals surface area contributed by atoms with E-state index in [-0.39, 0.29) is 0 Å². The zero-order chi connectivity index (χ0) is 13.8. The van der Waals surface area contributed by atoms with Gasteiger partial charge in [-0.25, -0.2) is 0 Å². The average Bonchev–Trinajstić information content (AvgIpc) is 2.24. The van der Waals surface area contributed by atoms with E-state index in [4.69, 9.17) is 5.73 Å². The molecule has 2 N–H and O–H groups in total. The first kappa shape index (κ1) is 24.6. The third kappa shape index (κ3) is 70.3. The van der Waals surface area contributed by atoms with Crippen LogP contribution in [0, 0.1) is 5.92 Å². The first-order valence-electron chi connectivity index (χ1n) is 6.58. The van der Waals surface area contributed by atoms with Crippen molar-refractivity contribution in [1.29, 1.82) is 0 Å². The summed E-state index contributed by atoms with van der Waals surface area (Å²) in [6.07, 6.45) is 8.55. The molecule has 0 rings (SSSR count). The highest BCUT2D eigenvalue weighted by Gasteiger charge is 1.88. The second kappa shape index (κ2) is 36.6. The van der Waals surface area contributed by atoms with Crippen molar-refractivity contribution >= 4 is 0 Å². The molecule has 0 radical (unpaired) electrons. The third-order valence-electron chi connectivity index (χ3n) is 1.06. The SMILES string of the molecule is C=CCC(C)/C=C\C.CC.CCC.CCN. The highest BCUT2D eigenvalue weighted by atomic mass is 14.5. The second-order valence-electron chi connectivity index (χ2n) is 3.14. The fraction of sp³-hybridized carbons (Fsp3) is 0.733. The van der Waals surface area contributed by atoms with Crippen molar-refractivity contribution in [3.63, 3.8) is 0 Å². The summed E-state index contributed by atoms with van der Waals surface area (Å²) in [4.78, 5) is 0. The lowest BCUT2D eigenvalue weighted by Gasteiger charge is -1.97. The largest absolute Gasteiger partial charge is 0.331 e. The Morgan fingerprint density at radius 3 is 1.69 bits per heavy atom. The van der Waals surface area contributed by atoms with Crippen LogP contribution in [0.4, 0.5) is 0 Å². The first-order valence-corrected chi connectivity index (χ1v) is 6.58. The molecule has 1 nitrogen and oxygen atoms in total. The number of hydrogen-bond donors (Lipinski definition) is 1. The maximum Gasteiger partial charge on any atom is -0.0106 e. The molecular weight excluding hydrogens is 194 g/mol. The molecule has 0 fully saturated rings. The van der Waals surface area contributed by atoms with Crippen molar-refractivity contribution in [2.45, 2.75) is 61.3 Å². The molecule has 100 valence electrons. The van der Waals surface area contributed by atoms with Crippen LogP contribution in [0.3, 0.4) is 0 Å². The molecule has 1 atom stereocenters. The van der Waals surface area contributed by atoms with Gasteiger partial charge in [-0.3, -0.25) is 0 Å². The molecule has 16 heavy (non-hydrogen) atoms. The molecule has 0 heterocycles. The minimum Gasteiger partial charge on any atom is -0.331 e. The fourth-order valence-corrected chi connectivity index (χ4v) is 0.670. The summed E-state index contributed by atoms with van der Waals surface area (Å²) in [5.41, 5.74) is 4.85. The number of rotatable bonds is 3. The molecule has 0 aliphatic carbocycles. The number of allylic oxidation sites excluding steroid dienone is 3. The Morgan fingerprint density at radius 2 is 1.50 bits per heavy atom. The van der Waals surface area contributed by atoms with Crippen molar-refractivity contribution in [2.24, 2.45) is 11.7 Å². The molecule has 0 aromatic rings. The number of hydrogen-bond acceptors (Lipinski definition) is 1. The maximum atomic E-state index is 4.85. The lowest BCUT2D eigenvalue weighted by Crippen LogP contribution is -1.87. The number of nitrogens with two attached hydrogens (primary N) is 1. The van der Waals surface area contributed by atoms with Gasteiger partial charge in [0.15, 0.2) is 0 Å². The van der Waals surface area contributed by atoms with Crippen molar-refractivity contribution in [2.75, 3.05) is 6.54 Å². The minimum atomic E-state index is 0.664. The smallest absolute Gasteiger partial charge is 0.0106 e. The summed E-state index contributed by atoms with van der Waals surface area (Å²) in [7, 11) is 0. The predicted molar refractivity (Wildman–Crippen MR) is 80.8 cm³/mol.